The molecule has 1 N–H and O–H groups in total. The van der Waals surface area contributed by atoms with Gasteiger partial charge in [0, 0.05) is 30.9 Å². The Kier molecular flexibility index (Phi) is 4.28. The van der Waals surface area contributed by atoms with E-state index in [9.17, 15) is 4.79 Å². The molecule has 120 valence electrons. The van der Waals surface area contributed by atoms with Crippen LogP contribution in [-0.4, -0.2) is 35.1 Å². The van der Waals surface area contributed by atoms with Crippen LogP contribution in [0.1, 0.15) is 29.7 Å². The second kappa shape index (κ2) is 6.36. The Labute approximate surface area is 136 Å². The molecule has 0 atom stereocenters. The van der Waals surface area contributed by atoms with E-state index in [1.54, 1.807) is 0 Å². The van der Waals surface area contributed by atoms with E-state index in [1.165, 1.54) is 5.56 Å². The van der Waals surface area contributed by atoms with Crippen molar-refractivity contribution in [3.63, 3.8) is 0 Å². The minimum Gasteiger partial charge on any atom is -0.481 e. The minimum absolute atomic E-state index is 0.0294. The average Bonchev–Trinajstić information content (AvgIpc) is 2.53. The molecule has 1 aromatic heterocycles. The van der Waals surface area contributed by atoms with Crippen molar-refractivity contribution in [2.75, 3.05) is 19.0 Å². The highest BCUT2D eigenvalue weighted by molar-refractivity contribution is 5.72. The van der Waals surface area contributed by atoms with E-state index in [4.69, 9.17) is 15.1 Å². The first-order valence-electron chi connectivity index (χ1n) is 7.93. The van der Waals surface area contributed by atoms with Crippen LogP contribution in [0.3, 0.4) is 0 Å². The van der Waals surface area contributed by atoms with E-state index in [-0.39, 0.29) is 6.42 Å². The number of anilines is 1. The summed E-state index contributed by atoms with van der Waals surface area (Å²) in [5.41, 5.74) is 5.07. The zero-order valence-corrected chi connectivity index (χ0v) is 13.5. The van der Waals surface area contributed by atoms with Crippen molar-refractivity contribution in [3.05, 3.63) is 41.1 Å². The summed E-state index contributed by atoms with van der Waals surface area (Å²) >= 11 is 0. The van der Waals surface area contributed by atoms with Gasteiger partial charge in [0.25, 0.3) is 0 Å². The predicted molar refractivity (Wildman–Crippen MR) is 89.8 cm³/mol. The van der Waals surface area contributed by atoms with Crippen LogP contribution in [0.15, 0.2) is 24.3 Å². The topological polar surface area (TPSA) is 66.3 Å². The zero-order chi connectivity index (χ0) is 16.4. The largest absolute Gasteiger partial charge is 0.481 e. The van der Waals surface area contributed by atoms with E-state index < -0.39 is 5.97 Å². The Bertz CT molecular complexity index is 741. The maximum absolute atomic E-state index is 11.0. The molecular weight excluding hydrogens is 290 g/mol. The number of nitrogens with zero attached hydrogens (tertiary/aromatic N) is 3. The van der Waals surface area contributed by atoms with E-state index in [0.717, 1.165) is 48.2 Å². The number of fused-ring (bicyclic) bond motifs is 1. The van der Waals surface area contributed by atoms with Crippen LogP contribution in [0.2, 0.25) is 0 Å². The molecule has 2 aromatic rings. The van der Waals surface area contributed by atoms with Gasteiger partial charge in [-0.3, -0.25) is 4.79 Å². The molecule has 0 radical (unpaired) electrons. The lowest BCUT2D eigenvalue weighted by atomic mass is 9.91. The number of aromatic nitrogens is 2. The van der Waals surface area contributed by atoms with Crippen molar-refractivity contribution in [1.82, 2.24) is 9.97 Å². The number of rotatable bonds is 4. The van der Waals surface area contributed by atoms with Gasteiger partial charge >= 0.3 is 5.97 Å². The molecule has 0 bridgehead atoms. The fourth-order valence-electron chi connectivity index (χ4n) is 3.02. The number of aliphatic carboxylic acids is 1. The Balaban J connectivity index is 2.11. The lowest BCUT2D eigenvalue weighted by Gasteiger charge is -2.21. The standard InChI is InChI=1S/C18H21N3O2/c1-21(2)18-19-15-9-4-3-8-14(15)17(20-18)13-7-5-6-12(10-13)11-16(22)23/h5-7,10H,3-4,8-9,11H2,1-2H3,(H,22,23). The Morgan fingerprint density at radius 3 is 2.74 bits per heavy atom. The molecule has 3 rings (SSSR count). The number of aryl methyl sites for hydroxylation is 1. The van der Waals surface area contributed by atoms with E-state index in [0.29, 0.717) is 5.95 Å². The van der Waals surface area contributed by atoms with Crippen LogP contribution in [0.4, 0.5) is 5.95 Å². The van der Waals surface area contributed by atoms with Gasteiger partial charge in [-0.15, -0.1) is 0 Å². The van der Waals surface area contributed by atoms with E-state index in [1.807, 2.05) is 43.3 Å². The molecule has 1 aromatic carbocycles. The molecule has 0 unspecified atom stereocenters. The number of carboxylic acids is 1. The van der Waals surface area contributed by atoms with Crippen molar-refractivity contribution in [2.45, 2.75) is 32.1 Å². The highest BCUT2D eigenvalue weighted by Gasteiger charge is 2.19. The van der Waals surface area contributed by atoms with Crippen LogP contribution in [0.25, 0.3) is 11.3 Å². The molecule has 0 fully saturated rings. The van der Waals surface area contributed by atoms with Gasteiger partial charge in [-0.2, -0.15) is 0 Å². The maximum Gasteiger partial charge on any atom is 0.307 e. The normalized spacial score (nSPS) is 13.5. The Morgan fingerprint density at radius 1 is 1.22 bits per heavy atom. The van der Waals surface area contributed by atoms with Gasteiger partial charge in [-0.25, -0.2) is 9.97 Å². The zero-order valence-electron chi connectivity index (χ0n) is 13.5. The number of benzene rings is 1. The number of hydrogen-bond donors (Lipinski definition) is 1. The third-order valence-electron chi connectivity index (χ3n) is 4.13. The molecular formula is C18H21N3O2. The van der Waals surface area contributed by atoms with Crippen LogP contribution in [-0.2, 0) is 24.1 Å². The molecule has 5 nitrogen and oxygen atoms in total. The Morgan fingerprint density at radius 2 is 2.00 bits per heavy atom. The smallest absolute Gasteiger partial charge is 0.307 e. The van der Waals surface area contributed by atoms with Crippen molar-refractivity contribution in [3.8, 4) is 11.3 Å². The van der Waals surface area contributed by atoms with Gasteiger partial charge in [-0.1, -0.05) is 18.2 Å². The molecule has 1 aliphatic carbocycles. The molecule has 5 heteroatoms. The molecule has 0 amide bonds. The minimum atomic E-state index is -0.819. The first kappa shape index (κ1) is 15.5. The van der Waals surface area contributed by atoms with Crippen LogP contribution >= 0.6 is 0 Å². The quantitative estimate of drug-likeness (QED) is 0.940. The molecule has 23 heavy (non-hydrogen) atoms. The lowest BCUT2D eigenvalue weighted by Crippen LogP contribution is -2.17. The molecule has 0 saturated heterocycles. The second-order valence-electron chi connectivity index (χ2n) is 6.17. The summed E-state index contributed by atoms with van der Waals surface area (Å²) in [4.78, 5) is 22.3. The summed E-state index contributed by atoms with van der Waals surface area (Å²) in [6, 6.07) is 7.69. The predicted octanol–water partition coefficient (Wildman–Crippen LogP) is 2.72. The summed E-state index contributed by atoms with van der Waals surface area (Å²) < 4.78 is 0. The number of carboxylic acid groups (broad SMARTS) is 1. The Hall–Kier alpha value is -2.43. The lowest BCUT2D eigenvalue weighted by molar-refractivity contribution is -0.136. The molecule has 1 aliphatic rings. The van der Waals surface area contributed by atoms with Crippen molar-refractivity contribution in [1.29, 1.82) is 0 Å². The van der Waals surface area contributed by atoms with Crippen molar-refractivity contribution < 1.29 is 9.90 Å². The fraction of sp³-hybridized carbons (Fsp3) is 0.389. The third kappa shape index (κ3) is 3.33. The van der Waals surface area contributed by atoms with Crippen LogP contribution in [0.5, 0.6) is 0 Å². The van der Waals surface area contributed by atoms with Gasteiger partial charge < -0.3 is 10.0 Å². The van der Waals surface area contributed by atoms with Crippen LogP contribution in [0, 0.1) is 0 Å². The second-order valence-corrected chi connectivity index (χ2v) is 6.17. The summed E-state index contributed by atoms with van der Waals surface area (Å²) in [6.07, 6.45) is 4.32. The highest BCUT2D eigenvalue weighted by atomic mass is 16.4. The summed E-state index contributed by atoms with van der Waals surface area (Å²) in [6.45, 7) is 0. The average molecular weight is 311 g/mol. The molecule has 0 spiro atoms. The van der Waals surface area contributed by atoms with Gasteiger partial charge in [-0.05, 0) is 37.3 Å². The summed E-state index contributed by atoms with van der Waals surface area (Å²) in [5.74, 6) is -0.106. The van der Waals surface area contributed by atoms with Gasteiger partial charge in [0.1, 0.15) is 0 Å². The van der Waals surface area contributed by atoms with Crippen molar-refractivity contribution in [2.24, 2.45) is 0 Å². The SMILES string of the molecule is CN(C)c1nc2c(c(-c3cccc(CC(=O)O)c3)n1)CCCC2. The number of hydrogen-bond acceptors (Lipinski definition) is 4. The monoisotopic (exact) mass is 311 g/mol. The molecule has 0 aliphatic heterocycles. The fourth-order valence-corrected chi connectivity index (χ4v) is 3.02. The van der Waals surface area contributed by atoms with Crippen LogP contribution < -0.4 is 4.90 Å². The third-order valence-corrected chi connectivity index (χ3v) is 4.13. The van der Waals surface area contributed by atoms with E-state index in [2.05, 4.69) is 0 Å². The van der Waals surface area contributed by atoms with Crippen molar-refractivity contribution >= 4 is 11.9 Å². The summed E-state index contributed by atoms with van der Waals surface area (Å²) in [7, 11) is 3.88. The first-order chi connectivity index (χ1) is 11.0. The van der Waals surface area contributed by atoms with Gasteiger partial charge in [0.2, 0.25) is 5.95 Å². The number of carbonyl (C=O) groups is 1. The van der Waals surface area contributed by atoms with E-state index >= 15 is 0 Å². The maximum atomic E-state index is 11.0. The molecule has 0 saturated carbocycles. The van der Waals surface area contributed by atoms with Gasteiger partial charge in [0.05, 0.1) is 12.1 Å². The highest BCUT2D eigenvalue weighted by Crippen LogP contribution is 2.31. The summed E-state index contributed by atoms with van der Waals surface area (Å²) in [5, 5.41) is 9.01. The first-order valence-corrected chi connectivity index (χ1v) is 7.93. The van der Waals surface area contributed by atoms with Gasteiger partial charge in [0.15, 0.2) is 0 Å². The molecule has 1 heterocycles.